The molecule has 4 heteroatoms. The van der Waals surface area contributed by atoms with Gasteiger partial charge in [0.05, 0.1) is 13.7 Å². The smallest absolute Gasteiger partial charge is 0.123 e. The Morgan fingerprint density at radius 1 is 0.815 bits per heavy atom. The van der Waals surface area contributed by atoms with E-state index in [1.165, 1.54) is 16.7 Å². The van der Waals surface area contributed by atoms with Crippen LogP contribution in [0.25, 0.3) is 0 Å². The molecule has 0 aliphatic heterocycles. The van der Waals surface area contributed by atoms with Crippen LogP contribution >= 0.6 is 0 Å². The van der Waals surface area contributed by atoms with Crippen molar-refractivity contribution in [3.8, 4) is 11.5 Å². The average Bonchev–Trinajstić information content (AvgIpc) is 2.71. The molecule has 3 rings (SSSR count). The third kappa shape index (κ3) is 5.56. The molecule has 2 aromatic carbocycles. The van der Waals surface area contributed by atoms with E-state index in [1.54, 1.807) is 7.11 Å². The Bertz CT molecular complexity index is 819. The molecule has 0 radical (unpaired) electrons. The molecule has 0 fully saturated rings. The predicted molar refractivity (Wildman–Crippen MR) is 108 cm³/mol. The standard InChI is InChI=1S/C23H26N2O2/c1-3-27-23-7-5-4-6-21(23)18-25(17-20-12-14-24-15-13-20)16-19-8-10-22(26-2)11-9-19/h4-15H,3,16-18H2,1-2H3. The summed E-state index contributed by atoms with van der Waals surface area (Å²) < 4.78 is 11.1. The van der Waals surface area contributed by atoms with E-state index in [-0.39, 0.29) is 0 Å². The SMILES string of the molecule is CCOc1ccccc1CN(Cc1ccncc1)Cc1ccc(OC)cc1. The van der Waals surface area contributed by atoms with Crippen LogP contribution in [0.1, 0.15) is 23.6 Å². The normalized spacial score (nSPS) is 10.8. The van der Waals surface area contributed by atoms with Crippen molar-refractivity contribution in [1.29, 1.82) is 0 Å². The van der Waals surface area contributed by atoms with E-state index in [1.807, 2.05) is 43.6 Å². The summed E-state index contributed by atoms with van der Waals surface area (Å²) in [6.07, 6.45) is 3.68. The zero-order valence-corrected chi connectivity index (χ0v) is 16.0. The molecule has 0 bridgehead atoms. The number of nitrogens with zero attached hydrogens (tertiary/aromatic N) is 2. The first-order valence-electron chi connectivity index (χ1n) is 9.23. The Balaban J connectivity index is 1.80. The van der Waals surface area contributed by atoms with Gasteiger partial charge < -0.3 is 9.47 Å². The van der Waals surface area contributed by atoms with E-state index in [2.05, 4.69) is 46.3 Å². The summed E-state index contributed by atoms with van der Waals surface area (Å²) in [5, 5.41) is 0. The lowest BCUT2D eigenvalue weighted by Gasteiger charge is -2.24. The summed E-state index contributed by atoms with van der Waals surface area (Å²) in [4.78, 5) is 6.54. The minimum atomic E-state index is 0.667. The van der Waals surface area contributed by atoms with E-state index in [9.17, 15) is 0 Å². The molecule has 0 unspecified atom stereocenters. The lowest BCUT2D eigenvalue weighted by atomic mass is 10.1. The van der Waals surface area contributed by atoms with Gasteiger partial charge in [0.2, 0.25) is 0 Å². The van der Waals surface area contributed by atoms with Crippen LogP contribution in [0.15, 0.2) is 73.1 Å². The molecule has 4 nitrogen and oxygen atoms in total. The third-order valence-electron chi connectivity index (χ3n) is 4.39. The van der Waals surface area contributed by atoms with Crippen molar-refractivity contribution in [3.63, 3.8) is 0 Å². The maximum atomic E-state index is 5.82. The van der Waals surface area contributed by atoms with Crippen LogP contribution in [0.5, 0.6) is 11.5 Å². The number of aromatic nitrogens is 1. The van der Waals surface area contributed by atoms with Crippen molar-refractivity contribution in [2.24, 2.45) is 0 Å². The van der Waals surface area contributed by atoms with Gasteiger partial charge in [0.15, 0.2) is 0 Å². The van der Waals surface area contributed by atoms with Crippen LogP contribution in [0.4, 0.5) is 0 Å². The molecule has 27 heavy (non-hydrogen) atoms. The third-order valence-corrected chi connectivity index (χ3v) is 4.39. The van der Waals surface area contributed by atoms with Gasteiger partial charge in [-0.3, -0.25) is 9.88 Å². The van der Waals surface area contributed by atoms with Crippen LogP contribution < -0.4 is 9.47 Å². The van der Waals surface area contributed by atoms with Gasteiger partial charge in [-0.1, -0.05) is 30.3 Å². The Labute approximate surface area is 161 Å². The molecule has 0 amide bonds. The zero-order chi connectivity index (χ0) is 18.9. The van der Waals surface area contributed by atoms with Crippen molar-refractivity contribution in [1.82, 2.24) is 9.88 Å². The fourth-order valence-corrected chi connectivity index (χ4v) is 3.07. The first kappa shape index (κ1) is 18.9. The Kier molecular flexibility index (Phi) is 6.83. The van der Waals surface area contributed by atoms with Gasteiger partial charge in [0.1, 0.15) is 11.5 Å². The molecule has 0 spiro atoms. The van der Waals surface area contributed by atoms with Crippen molar-refractivity contribution >= 4 is 0 Å². The molecule has 3 aromatic rings. The van der Waals surface area contributed by atoms with E-state index in [0.29, 0.717) is 6.61 Å². The second-order valence-corrected chi connectivity index (χ2v) is 6.39. The molecule has 0 saturated carbocycles. The predicted octanol–water partition coefficient (Wildman–Crippen LogP) is 4.69. The van der Waals surface area contributed by atoms with Crippen molar-refractivity contribution < 1.29 is 9.47 Å². The lowest BCUT2D eigenvalue weighted by Crippen LogP contribution is -2.22. The second-order valence-electron chi connectivity index (χ2n) is 6.39. The number of benzene rings is 2. The minimum absolute atomic E-state index is 0.667. The minimum Gasteiger partial charge on any atom is -0.497 e. The summed E-state index contributed by atoms with van der Waals surface area (Å²) in [6.45, 7) is 5.18. The highest BCUT2D eigenvalue weighted by atomic mass is 16.5. The van der Waals surface area contributed by atoms with Crippen molar-refractivity contribution in [2.45, 2.75) is 26.6 Å². The van der Waals surface area contributed by atoms with Crippen LogP contribution in [0.2, 0.25) is 0 Å². The molecule has 0 aliphatic rings. The lowest BCUT2D eigenvalue weighted by molar-refractivity contribution is 0.240. The number of para-hydroxylation sites is 1. The van der Waals surface area contributed by atoms with E-state index in [0.717, 1.165) is 31.1 Å². The number of pyridine rings is 1. The Morgan fingerprint density at radius 3 is 2.15 bits per heavy atom. The first-order valence-corrected chi connectivity index (χ1v) is 9.23. The Morgan fingerprint density at radius 2 is 1.48 bits per heavy atom. The number of hydrogen-bond donors (Lipinski definition) is 0. The van der Waals surface area contributed by atoms with E-state index >= 15 is 0 Å². The van der Waals surface area contributed by atoms with Crippen LogP contribution in [0.3, 0.4) is 0 Å². The summed E-state index contributed by atoms with van der Waals surface area (Å²) in [6, 6.07) is 20.6. The summed E-state index contributed by atoms with van der Waals surface area (Å²) in [5.41, 5.74) is 3.69. The van der Waals surface area contributed by atoms with Gasteiger partial charge in [-0.2, -0.15) is 0 Å². The number of methoxy groups -OCH3 is 1. The van der Waals surface area contributed by atoms with Crippen LogP contribution in [-0.2, 0) is 19.6 Å². The highest BCUT2D eigenvalue weighted by Gasteiger charge is 2.12. The molecule has 140 valence electrons. The molecule has 0 atom stereocenters. The number of rotatable bonds is 9. The maximum Gasteiger partial charge on any atom is 0.123 e. The summed E-state index contributed by atoms with van der Waals surface area (Å²) >= 11 is 0. The topological polar surface area (TPSA) is 34.6 Å². The van der Waals surface area contributed by atoms with Gasteiger partial charge in [-0.15, -0.1) is 0 Å². The zero-order valence-electron chi connectivity index (χ0n) is 16.0. The number of hydrogen-bond acceptors (Lipinski definition) is 4. The fraction of sp³-hybridized carbons (Fsp3) is 0.261. The fourth-order valence-electron chi connectivity index (χ4n) is 3.07. The Hall–Kier alpha value is -2.85. The quantitative estimate of drug-likeness (QED) is 0.553. The molecular weight excluding hydrogens is 336 g/mol. The van der Waals surface area contributed by atoms with Crippen molar-refractivity contribution in [3.05, 3.63) is 89.7 Å². The highest BCUT2D eigenvalue weighted by molar-refractivity contribution is 5.33. The van der Waals surface area contributed by atoms with Crippen LogP contribution in [0, 0.1) is 0 Å². The second kappa shape index (κ2) is 9.74. The van der Waals surface area contributed by atoms with Gasteiger partial charge in [0, 0.05) is 37.6 Å². The summed E-state index contributed by atoms with van der Waals surface area (Å²) in [7, 11) is 1.69. The maximum absolute atomic E-state index is 5.82. The molecule has 1 aromatic heterocycles. The van der Waals surface area contributed by atoms with Gasteiger partial charge in [-0.25, -0.2) is 0 Å². The first-order chi connectivity index (χ1) is 13.3. The number of ether oxygens (including phenoxy) is 2. The van der Waals surface area contributed by atoms with E-state index < -0.39 is 0 Å². The monoisotopic (exact) mass is 362 g/mol. The molecule has 0 aliphatic carbocycles. The molecule has 0 saturated heterocycles. The van der Waals surface area contributed by atoms with E-state index in [4.69, 9.17) is 9.47 Å². The van der Waals surface area contributed by atoms with Crippen LogP contribution in [-0.4, -0.2) is 23.6 Å². The molecule has 1 heterocycles. The average molecular weight is 362 g/mol. The van der Waals surface area contributed by atoms with Crippen molar-refractivity contribution in [2.75, 3.05) is 13.7 Å². The van der Waals surface area contributed by atoms with Gasteiger partial charge in [-0.05, 0) is 48.4 Å². The van der Waals surface area contributed by atoms with Gasteiger partial charge >= 0.3 is 0 Å². The highest BCUT2D eigenvalue weighted by Crippen LogP contribution is 2.22. The van der Waals surface area contributed by atoms with Gasteiger partial charge in [0.25, 0.3) is 0 Å². The largest absolute Gasteiger partial charge is 0.497 e. The molecular formula is C23H26N2O2. The molecule has 0 N–H and O–H groups in total. The summed E-state index contributed by atoms with van der Waals surface area (Å²) in [5.74, 6) is 1.83.